The second-order valence-electron chi connectivity index (χ2n) is 5.95. The van der Waals surface area contributed by atoms with Crippen molar-refractivity contribution in [2.75, 3.05) is 6.61 Å². The Morgan fingerprint density at radius 1 is 1.35 bits per heavy atom. The van der Waals surface area contributed by atoms with Crippen LogP contribution in [0.1, 0.15) is 5.56 Å². The Balaban J connectivity index is 1.98. The molecule has 0 aliphatic heterocycles. The van der Waals surface area contributed by atoms with Gasteiger partial charge in [0, 0.05) is 8.07 Å². The van der Waals surface area contributed by atoms with Crippen molar-refractivity contribution >= 4 is 25.3 Å². The highest BCUT2D eigenvalue weighted by Crippen LogP contribution is 2.12. The summed E-state index contributed by atoms with van der Waals surface area (Å²) < 4.78 is 5.06. The molecule has 0 radical (unpaired) electrons. The molecule has 0 aliphatic carbocycles. The van der Waals surface area contributed by atoms with Crippen LogP contribution in [0.15, 0.2) is 18.2 Å². The SMILES string of the molecule is Cc1ccc2nnn(OC(=O)OCC[Si](C)(C)C)c2c1. The van der Waals surface area contributed by atoms with Crippen LogP contribution in [0.3, 0.4) is 0 Å². The molecule has 0 fully saturated rings. The summed E-state index contributed by atoms with van der Waals surface area (Å²) in [5.74, 6) is 0. The fourth-order valence-electron chi connectivity index (χ4n) is 1.61. The minimum absolute atomic E-state index is 0.375. The van der Waals surface area contributed by atoms with Crippen molar-refractivity contribution in [1.29, 1.82) is 0 Å². The fourth-order valence-corrected chi connectivity index (χ4v) is 2.33. The largest absolute Gasteiger partial charge is 0.535 e. The topological polar surface area (TPSA) is 66.2 Å². The molecule has 20 heavy (non-hydrogen) atoms. The highest BCUT2D eigenvalue weighted by atomic mass is 28.3. The number of aryl methyl sites for hydroxylation is 1. The maximum Gasteiger partial charge on any atom is 0.535 e. The Labute approximate surface area is 118 Å². The summed E-state index contributed by atoms with van der Waals surface area (Å²) in [6.45, 7) is 8.98. The molecule has 1 aromatic heterocycles. The highest BCUT2D eigenvalue weighted by molar-refractivity contribution is 6.76. The van der Waals surface area contributed by atoms with Crippen molar-refractivity contribution in [2.24, 2.45) is 0 Å². The second kappa shape index (κ2) is 5.62. The Morgan fingerprint density at radius 2 is 2.10 bits per heavy atom. The van der Waals surface area contributed by atoms with Gasteiger partial charge in [-0.05, 0) is 35.9 Å². The van der Waals surface area contributed by atoms with E-state index in [0.29, 0.717) is 17.6 Å². The summed E-state index contributed by atoms with van der Waals surface area (Å²) in [4.78, 5) is 17.7. The standard InChI is InChI=1S/C13H19N3O3Si/c1-10-5-6-11-12(9-10)16(15-14-11)19-13(17)18-7-8-20(2,3)4/h5-6,9H,7-8H2,1-4H3. The lowest BCUT2D eigenvalue weighted by atomic mass is 10.2. The number of ether oxygens (including phenoxy) is 1. The van der Waals surface area contributed by atoms with E-state index >= 15 is 0 Å². The molecule has 0 saturated heterocycles. The first-order valence-electron chi connectivity index (χ1n) is 6.52. The number of fused-ring (bicyclic) bond motifs is 1. The molecular weight excluding hydrogens is 274 g/mol. The number of hydrogen-bond acceptors (Lipinski definition) is 5. The Hall–Kier alpha value is -1.89. The van der Waals surface area contributed by atoms with Gasteiger partial charge in [0.1, 0.15) is 11.0 Å². The normalized spacial score (nSPS) is 11.6. The zero-order chi connectivity index (χ0) is 14.8. The van der Waals surface area contributed by atoms with E-state index < -0.39 is 14.2 Å². The smallest absolute Gasteiger partial charge is 0.433 e. The molecule has 0 spiro atoms. The van der Waals surface area contributed by atoms with Gasteiger partial charge >= 0.3 is 6.16 Å². The number of carbonyl (C=O) groups is 1. The Kier molecular flexibility index (Phi) is 4.08. The van der Waals surface area contributed by atoms with Gasteiger partial charge in [0.2, 0.25) is 0 Å². The van der Waals surface area contributed by atoms with Crippen LogP contribution in [0.5, 0.6) is 0 Å². The van der Waals surface area contributed by atoms with Gasteiger partial charge in [-0.25, -0.2) is 4.79 Å². The Morgan fingerprint density at radius 3 is 2.80 bits per heavy atom. The lowest BCUT2D eigenvalue weighted by Gasteiger charge is -2.14. The number of hydrogen-bond donors (Lipinski definition) is 0. The Bertz CT molecular complexity index is 619. The maximum atomic E-state index is 11.6. The number of nitrogens with zero attached hydrogens (tertiary/aromatic N) is 3. The third kappa shape index (κ3) is 3.80. The van der Waals surface area contributed by atoms with Crippen LogP contribution >= 0.6 is 0 Å². The van der Waals surface area contributed by atoms with Crippen molar-refractivity contribution < 1.29 is 14.4 Å². The minimum Gasteiger partial charge on any atom is -0.433 e. The lowest BCUT2D eigenvalue weighted by molar-refractivity contribution is 0.0426. The van der Waals surface area contributed by atoms with Crippen LogP contribution < -0.4 is 4.84 Å². The summed E-state index contributed by atoms with van der Waals surface area (Å²) in [5, 5.41) is 7.70. The molecule has 7 heteroatoms. The van der Waals surface area contributed by atoms with Crippen molar-refractivity contribution in [3.05, 3.63) is 23.8 Å². The summed E-state index contributed by atoms with van der Waals surface area (Å²) in [6, 6.07) is 6.51. The second-order valence-corrected chi connectivity index (χ2v) is 11.6. The average Bonchev–Trinajstić information content (AvgIpc) is 2.70. The van der Waals surface area contributed by atoms with Crippen LogP contribution in [0.25, 0.3) is 11.0 Å². The maximum absolute atomic E-state index is 11.6. The van der Waals surface area contributed by atoms with Gasteiger partial charge in [-0.2, -0.15) is 0 Å². The zero-order valence-electron chi connectivity index (χ0n) is 12.2. The van der Waals surface area contributed by atoms with Gasteiger partial charge < -0.3 is 4.74 Å². The first-order chi connectivity index (χ1) is 9.35. The minimum atomic E-state index is -1.22. The molecule has 0 N–H and O–H groups in total. The molecule has 0 aliphatic rings. The molecular formula is C13H19N3O3Si. The lowest BCUT2D eigenvalue weighted by Crippen LogP contribution is -2.26. The van der Waals surface area contributed by atoms with E-state index in [-0.39, 0.29) is 0 Å². The molecule has 0 atom stereocenters. The van der Waals surface area contributed by atoms with Crippen LogP contribution in [0, 0.1) is 6.92 Å². The summed E-state index contributed by atoms with van der Waals surface area (Å²) in [5.41, 5.74) is 2.36. The molecule has 1 aromatic carbocycles. The molecule has 0 unspecified atom stereocenters. The number of benzene rings is 1. The van der Waals surface area contributed by atoms with Gasteiger partial charge in [0.15, 0.2) is 0 Å². The highest BCUT2D eigenvalue weighted by Gasteiger charge is 2.16. The summed E-state index contributed by atoms with van der Waals surface area (Å²) in [7, 11) is -1.22. The molecule has 6 nitrogen and oxygen atoms in total. The van der Waals surface area contributed by atoms with Crippen LogP contribution in [0.4, 0.5) is 4.79 Å². The van der Waals surface area contributed by atoms with E-state index in [4.69, 9.17) is 9.57 Å². The molecule has 1 heterocycles. The van der Waals surface area contributed by atoms with Crippen LogP contribution in [-0.4, -0.2) is 36.0 Å². The predicted molar refractivity (Wildman–Crippen MR) is 78.3 cm³/mol. The third-order valence-corrected chi connectivity index (χ3v) is 4.51. The van der Waals surface area contributed by atoms with Gasteiger partial charge in [0.25, 0.3) is 0 Å². The summed E-state index contributed by atoms with van der Waals surface area (Å²) >= 11 is 0. The van der Waals surface area contributed by atoms with E-state index in [1.54, 1.807) is 0 Å². The van der Waals surface area contributed by atoms with E-state index in [2.05, 4.69) is 30.0 Å². The van der Waals surface area contributed by atoms with Crippen LogP contribution in [-0.2, 0) is 4.74 Å². The van der Waals surface area contributed by atoms with Crippen molar-refractivity contribution in [2.45, 2.75) is 32.6 Å². The van der Waals surface area contributed by atoms with Crippen molar-refractivity contribution in [3.63, 3.8) is 0 Å². The quantitative estimate of drug-likeness (QED) is 0.492. The van der Waals surface area contributed by atoms with E-state index in [1.807, 2.05) is 25.1 Å². The van der Waals surface area contributed by atoms with Gasteiger partial charge in [0.05, 0.1) is 6.61 Å². The van der Waals surface area contributed by atoms with Crippen molar-refractivity contribution in [1.82, 2.24) is 15.2 Å². The number of rotatable bonds is 4. The average molecular weight is 293 g/mol. The molecule has 0 amide bonds. The monoisotopic (exact) mass is 293 g/mol. The molecule has 0 bridgehead atoms. The zero-order valence-corrected chi connectivity index (χ0v) is 13.2. The fraction of sp³-hybridized carbons (Fsp3) is 0.462. The van der Waals surface area contributed by atoms with Gasteiger partial charge in [-0.15, -0.1) is 5.10 Å². The summed E-state index contributed by atoms with van der Waals surface area (Å²) in [6.07, 6.45) is -0.753. The first kappa shape index (κ1) is 14.5. The molecule has 0 saturated carbocycles. The molecule has 2 aromatic rings. The van der Waals surface area contributed by atoms with Gasteiger partial charge in [-0.3, -0.25) is 4.84 Å². The molecule has 108 valence electrons. The van der Waals surface area contributed by atoms with Gasteiger partial charge in [-0.1, -0.05) is 30.6 Å². The van der Waals surface area contributed by atoms with E-state index in [0.717, 1.165) is 16.5 Å². The molecule has 2 rings (SSSR count). The third-order valence-electron chi connectivity index (χ3n) is 2.80. The van der Waals surface area contributed by atoms with E-state index in [1.165, 1.54) is 0 Å². The number of carbonyl (C=O) groups excluding carboxylic acids is 1. The number of aromatic nitrogens is 3. The van der Waals surface area contributed by atoms with Crippen LogP contribution in [0.2, 0.25) is 25.7 Å². The first-order valence-corrected chi connectivity index (χ1v) is 10.2. The van der Waals surface area contributed by atoms with E-state index in [9.17, 15) is 4.79 Å². The predicted octanol–water partition coefficient (Wildman–Crippen LogP) is 2.64. The van der Waals surface area contributed by atoms with Crippen molar-refractivity contribution in [3.8, 4) is 0 Å².